The molecule has 0 aliphatic heterocycles. The molecule has 0 radical (unpaired) electrons. The summed E-state index contributed by atoms with van der Waals surface area (Å²) in [5.74, 6) is 0.184. The van der Waals surface area contributed by atoms with Crippen molar-refractivity contribution in [2.75, 3.05) is 0 Å². The maximum atomic E-state index is 13.2. The third-order valence-corrected chi connectivity index (χ3v) is 6.69. The number of hydrogen-bond acceptors (Lipinski definition) is 4. The van der Waals surface area contributed by atoms with E-state index in [1.54, 1.807) is 12.3 Å². The Balaban J connectivity index is 1.38. The number of nitrogens with one attached hydrogen (secondary N) is 1. The van der Waals surface area contributed by atoms with Gasteiger partial charge in [0.2, 0.25) is 0 Å². The van der Waals surface area contributed by atoms with Gasteiger partial charge in [-0.3, -0.25) is 14.8 Å². The van der Waals surface area contributed by atoms with Crippen LogP contribution in [0, 0.1) is 11.3 Å². The van der Waals surface area contributed by atoms with Gasteiger partial charge in [-0.05, 0) is 66.6 Å². The van der Waals surface area contributed by atoms with Crippen molar-refractivity contribution in [2.24, 2.45) is 0 Å². The SMILES string of the molecule is N#CC(=Cc1cccc(C2CC2)n1)C(=O)NC1(c2ccc(-c3cccnc3)cc2)CCCC1. The molecule has 2 heterocycles. The molecule has 0 unspecified atom stereocenters. The molecular formula is C28H26N4O. The zero-order chi connectivity index (χ0) is 22.7. The van der Waals surface area contributed by atoms with Gasteiger partial charge in [0, 0.05) is 24.0 Å². The number of aromatic nitrogens is 2. The van der Waals surface area contributed by atoms with Crippen molar-refractivity contribution in [2.45, 2.75) is 50.0 Å². The van der Waals surface area contributed by atoms with Gasteiger partial charge in [0.1, 0.15) is 11.6 Å². The molecule has 2 aromatic heterocycles. The maximum Gasteiger partial charge on any atom is 0.262 e. The zero-order valence-electron chi connectivity index (χ0n) is 18.5. The predicted octanol–water partition coefficient (Wildman–Crippen LogP) is 5.51. The highest BCUT2D eigenvalue weighted by Crippen LogP contribution is 2.40. The van der Waals surface area contributed by atoms with Crippen molar-refractivity contribution in [3.05, 3.63) is 89.5 Å². The summed E-state index contributed by atoms with van der Waals surface area (Å²) in [6.07, 6.45) is 11.3. The second-order valence-electron chi connectivity index (χ2n) is 8.99. The van der Waals surface area contributed by atoms with Gasteiger partial charge in [-0.1, -0.05) is 49.2 Å². The van der Waals surface area contributed by atoms with Gasteiger partial charge in [-0.2, -0.15) is 5.26 Å². The molecule has 1 N–H and O–H groups in total. The fourth-order valence-electron chi connectivity index (χ4n) is 4.72. The monoisotopic (exact) mass is 434 g/mol. The lowest BCUT2D eigenvalue weighted by atomic mass is 9.86. The van der Waals surface area contributed by atoms with Crippen molar-refractivity contribution in [1.82, 2.24) is 15.3 Å². The average molecular weight is 435 g/mol. The first-order chi connectivity index (χ1) is 16.2. The molecule has 0 bridgehead atoms. The summed E-state index contributed by atoms with van der Waals surface area (Å²) in [6, 6.07) is 20.2. The van der Waals surface area contributed by atoms with Crippen LogP contribution < -0.4 is 5.32 Å². The van der Waals surface area contributed by atoms with Crippen LogP contribution in [0.2, 0.25) is 0 Å². The van der Waals surface area contributed by atoms with Crippen molar-refractivity contribution < 1.29 is 4.79 Å². The number of nitrogens with zero attached hydrogens (tertiary/aromatic N) is 3. The van der Waals surface area contributed by atoms with Gasteiger partial charge in [0.25, 0.3) is 5.91 Å². The molecule has 33 heavy (non-hydrogen) atoms. The largest absolute Gasteiger partial charge is 0.342 e. The van der Waals surface area contributed by atoms with Crippen molar-refractivity contribution in [3.8, 4) is 17.2 Å². The van der Waals surface area contributed by atoms with Gasteiger partial charge in [-0.25, -0.2) is 0 Å². The Morgan fingerprint density at radius 3 is 2.48 bits per heavy atom. The highest BCUT2D eigenvalue weighted by atomic mass is 16.1. The molecule has 0 spiro atoms. The molecule has 5 rings (SSSR count). The topological polar surface area (TPSA) is 78.7 Å². The molecule has 1 amide bonds. The highest BCUT2D eigenvalue weighted by Gasteiger charge is 2.37. The number of nitriles is 1. The van der Waals surface area contributed by atoms with Gasteiger partial charge in [0.05, 0.1) is 11.2 Å². The molecular weight excluding hydrogens is 408 g/mol. The lowest BCUT2D eigenvalue weighted by Crippen LogP contribution is -2.44. The van der Waals surface area contributed by atoms with Crippen molar-refractivity contribution in [3.63, 3.8) is 0 Å². The van der Waals surface area contributed by atoms with E-state index in [0.29, 0.717) is 11.6 Å². The average Bonchev–Trinajstić information content (AvgIpc) is 3.62. The first-order valence-corrected chi connectivity index (χ1v) is 11.6. The summed E-state index contributed by atoms with van der Waals surface area (Å²) in [7, 11) is 0. The third kappa shape index (κ3) is 4.56. The second-order valence-corrected chi connectivity index (χ2v) is 8.99. The molecule has 2 aliphatic carbocycles. The number of amides is 1. The van der Waals surface area contributed by atoms with E-state index in [9.17, 15) is 10.1 Å². The van der Waals surface area contributed by atoms with Crippen molar-refractivity contribution >= 4 is 12.0 Å². The van der Waals surface area contributed by atoms with Crippen LogP contribution in [-0.4, -0.2) is 15.9 Å². The van der Waals surface area contributed by atoms with Crippen LogP contribution in [0.5, 0.6) is 0 Å². The minimum Gasteiger partial charge on any atom is -0.342 e. The minimum atomic E-state index is -0.455. The van der Waals surface area contributed by atoms with Gasteiger partial charge in [0.15, 0.2) is 0 Å². The molecule has 5 heteroatoms. The van der Waals surface area contributed by atoms with E-state index in [0.717, 1.165) is 60.9 Å². The second kappa shape index (κ2) is 8.99. The normalized spacial score (nSPS) is 17.4. The van der Waals surface area contributed by atoms with E-state index in [4.69, 9.17) is 0 Å². The summed E-state index contributed by atoms with van der Waals surface area (Å²) in [5.41, 5.74) is 4.56. The predicted molar refractivity (Wildman–Crippen MR) is 128 cm³/mol. The maximum absolute atomic E-state index is 13.2. The van der Waals surface area contributed by atoms with E-state index >= 15 is 0 Å². The lowest BCUT2D eigenvalue weighted by molar-refractivity contribution is -0.119. The Morgan fingerprint density at radius 2 is 1.82 bits per heavy atom. The molecule has 2 aliphatic rings. The van der Waals surface area contributed by atoms with E-state index < -0.39 is 5.54 Å². The molecule has 1 aromatic carbocycles. The Kier molecular flexibility index (Phi) is 5.75. The third-order valence-electron chi connectivity index (χ3n) is 6.69. The van der Waals surface area contributed by atoms with Gasteiger partial charge < -0.3 is 5.32 Å². The fourth-order valence-corrected chi connectivity index (χ4v) is 4.72. The molecule has 164 valence electrons. The molecule has 2 saturated carbocycles. The minimum absolute atomic E-state index is 0.0914. The Morgan fingerprint density at radius 1 is 1.03 bits per heavy atom. The highest BCUT2D eigenvalue weighted by molar-refractivity contribution is 6.02. The Hall–Kier alpha value is -3.78. The Bertz CT molecular complexity index is 1210. The smallest absolute Gasteiger partial charge is 0.262 e. The number of benzene rings is 1. The number of rotatable bonds is 6. The molecule has 3 aromatic rings. The standard InChI is InChI=1S/C28H26N4O/c29-18-23(17-25-6-3-7-26(31-25)21-8-9-21)27(33)32-28(14-1-2-15-28)24-12-10-20(11-13-24)22-5-4-16-30-19-22/h3-7,10-13,16-17,19,21H,1-2,8-9,14-15H2,(H,32,33). The van der Waals surface area contributed by atoms with Crippen LogP contribution in [-0.2, 0) is 10.3 Å². The van der Waals surface area contributed by atoms with E-state index in [1.807, 2.05) is 36.5 Å². The van der Waals surface area contributed by atoms with Crippen LogP contribution in [0.3, 0.4) is 0 Å². The molecule has 0 saturated heterocycles. The summed E-state index contributed by atoms with van der Waals surface area (Å²) in [6.45, 7) is 0. The van der Waals surface area contributed by atoms with E-state index in [2.05, 4.69) is 45.6 Å². The fraction of sp³-hybridized carbons (Fsp3) is 0.286. The van der Waals surface area contributed by atoms with Crippen LogP contribution in [0.25, 0.3) is 17.2 Å². The van der Waals surface area contributed by atoms with Crippen LogP contribution >= 0.6 is 0 Å². The number of carbonyl (C=O) groups excluding carboxylic acids is 1. The van der Waals surface area contributed by atoms with Crippen molar-refractivity contribution in [1.29, 1.82) is 5.26 Å². The first-order valence-electron chi connectivity index (χ1n) is 11.6. The van der Waals surface area contributed by atoms with E-state index in [1.165, 1.54) is 0 Å². The lowest BCUT2D eigenvalue weighted by Gasteiger charge is -2.31. The van der Waals surface area contributed by atoms with Gasteiger partial charge >= 0.3 is 0 Å². The summed E-state index contributed by atoms with van der Waals surface area (Å²) < 4.78 is 0. The quantitative estimate of drug-likeness (QED) is 0.410. The van der Waals surface area contributed by atoms with E-state index in [-0.39, 0.29) is 11.5 Å². The van der Waals surface area contributed by atoms with Crippen LogP contribution in [0.1, 0.15) is 61.4 Å². The molecule has 5 nitrogen and oxygen atoms in total. The van der Waals surface area contributed by atoms with Gasteiger partial charge in [-0.15, -0.1) is 0 Å². The number of pyridine rings is 2. The zero-order valence-corrected chi connectivity index (χ0v) is 18.5. The first kappa shape index (κ1) is 21.1. The summed E-state index contributed by atoms with van der Waals surface area (Å²) in [4.78, 5) is 22.0. The molecule has 2 fully saturated rings. The number of carbonyl (C=O) groups is 1. The Labute approximate surface area is 194 Å². The number of hydrogen-bond donors (Lipinski definition) is 1. The molecule has 0 atom stereocenters. The van der Waals surface area contributed by atoms with Crippen LogP contribution in [0.15, 0.2) is 72.6 Å². The summed E-state index contributed by atoms with van der Waals surface area (Å²) in [5, 5.41) is 12.9. The summed E-state index contributed by atoms with van der Waals surface area (Å²) >= 11 is 0. The van der Waals surface area contributed by atoms with Crippen LogP contribution in [0.4, 0.5) is 0 Å².